The molecule has 0 unspecified atom stereocenters. The quantitative estimate of drug-likeness (QED) is 0.385. The average molecular weight is 464 g/mol. The molecule has 3 aromatic heterocycles. The van der Waals surface area contributed by atoms with Gasteiger partial charge in [0.15, 0.2) is 5.65 Å². The molecule has 5 rings (SSSR count). The predicted octanol–water partition coefficient (Wildman–Crippen LogP) is 4.91. The zero-order chi connectivity index (χ0) is 22.3. The normalized spacial score (nSPS) is 12.9. The fourth-order valence-electron chi connectivity index (χ4n) is 3.64. The van der Waals surface area contributed by atoms with Crippen LogP contribution in [0.1, 0.15) is 31.0 Å². The van der Waals surface area contributed by atoms with Gasteiger partial charge in [0.25, 0.3) is 0 Å². The van der Waals surface area contributed by atoms with Crippen LogP contribution in [0, 0.1) is 0 Å². The van der Waals surface area contributed by atoms with Gasteiger partial charge in [-0.3, -0.25) is 0 Å². The number of hydrogen-bond acceptors (Lipinski definition) is 7. The molecule has 7 nitrogen and oxygen atoms in total. The van der Waals surface area contributed by atoms with Crippen molar-refractivity contribution in [3.8, 4) is 0 Å². The molecule has 3 heterocycles. The van der Waals surface area contributed by atoms with Gasteiger partial charge in [0, 0.05) is 6.04 Å². The number of aryl methyl sites for hydroxylation is 1. The number of nitrogens with one attached hydrogen (secondary N) is 1. The van der Waals surface area contributed by atoms with Gasteiger partial charge in [-0.1, -0.05) is 54.6 Å². The number of rotatable bonds is 6. The fourth-order valence-corrected chi connectivity index (χ4v) is 5.70. The molecule has 1 N–H and O–H groups in total. The maximum absolute atomic E-state index is 13.4. The van der Waals surface area contributed by atoms with Crippen molar-refractivity contribution in [1.82, 2.24) is 19.8 Å². The third-order valence-electron chi connectivity index (χ3n) is 5.47. The number of nitrogens with zero attached hydrogens (tertiary/aromatic N) is 4. The Kier molecular flexibility index (Phi) is 5.15. The van der Waals surface area contributed by atoms with Crippen molar-refractivity contribution >= 4 is 42.9 Å². The van der Waals surface area contributed by atoms with Crippen LogP contribution in [0.15, 0.2) is 76.0 Å². The van der Waals surface area contributed by atoms with Crippen LogP contribution in [0.4, 0.5) is 5.82 Å². The number of sulfone groups is 1. The van der Waals surface area contributed by atoms with Crippen molar-refractivity contribution in [3.05, 3.63) is 77.2 Å². The minimum Gasteiger partial charge on any atom is -0.362 e. The van der Waals surface area contributed by atoms with Crippen LogP contribution in [0.2, 0.25) is 0 Å². The Bertz CT molecular complexity index is 1510. The molecule has 0 spiro atoms. The zero-order valence-electron chi connectivity index (χ0n) is 17.6. The summed E-state index contributed by atoms with van der Waals surface area (Å²) in [5, 5.41) is 13.4. The highest BCUT2D eigenvalue weighted by molar-refractivity contribution is 7.91. The van der Waals surface area contributed by atoms with Gasteiger partial charge in [-0.25, -0.2) is 13.4 Å². The highest BCUT2D eigenvalue weighted by Gasteiger charge is 2.27. The molecule has 5 aromatic rings. The third-order valence-corrected chi connectivity index (χ3v) is 8.05. The summed E-state index contributed by atoms with van der Waals surface area (Å²) in [6.07, 6.45) is 0.835. The van der Waals surface area contributed by atoms with Gasteiger partial charge >= 0.3 is 0 Å². The van der Waals surface area contributed by atoms with Crippen LogP contribution in [-0.2, 0) is 16.3 Å². The predicted molar refractivity (Wildman–Crippen MR) is 126 cm³/mol. The molecular weight excluding hydrogens is 442 g/mol. The molecule has 0 bridgehead atoms. The van der Waals surface area contributed by atoms with Crippen molar-refractivity contribution in [2.24, 2.45) is 0 Å². The summed E-state index contributed by atoms with van der Waals surface area (Å²) in [6.45, 7) is 4.07. The summed E-state index contributed by atoms with van der Waals surface area (Å²) in [6, 6.07) is 18.8. The van der Waals surface area contributed by atoms with E-state index in [1.54, 1.807) is 12.1 Å². The van der Waals surface area contributed by atoms with E-state index in [0.717, 1.165) is 27.8 Å². The molecule has 0 amide bonds. The molecule has 0 fully saturated rings. The lowest BCUT2D eigenvalue weighted by Crippen LogP contribution is -2.10. The smallest absolute Gasteiger partial charge is 0.229 e. The van der Waals surface area contributed by atoms with E-state index in [4.69, 9.17) is 0 Å². The SMILES string of the molecule is CCc1ccc(S(=O)(=O)c2nnn3c2nc(N[C@@H](C)c2ccccc2)c2sccc23)cc1. The largest absolute Gasteiger partial charge is 0.362 e. The summed E-state index contributed by atoms with van der Waals surface area (Å²) in [4.78, 5) is 4.86. The average Bonchev–Trinajstić information content (AvgIpc) is 3.47. The first-order valence-electron chi connectivity index (χ1n) is 10.3. The van der Waals surface area contributed by atoms with Crippen LogP contribution in [0.25, 0.3) is 15.9 Å². The van der Waals surface area contributed by atoms with Crippen molar-refractivity contribution in [2.75, 3.05) is 5.32 Å². The second kappa shape index (κ2) is 7.99. The van der Waals surface area contributed by atoms with Gasteiger partial charge in [0.2, 0.25) is 14.9 Å². The second-order valence-corrected chi connectivity index (χ2v) is 10.3. The van der Waals surface area contributed by atoms with Crippen molar-refractivity contribution in [3.63, 3.8) is 0 Å². The van der Waals surface area contributed by atoms with Crippen LogP contribution >= 0.6 is 11.3 Å². The van der Waals surface area contributed by atoms with Crippen molar-refractivity contribution in [1.29, 1.82) is 0 Å². The third kappa shape index (κ3) is 3.43. The summed E-state index contributed by atoms with van der Waals surface area (Å²) >= 11 is 1.52. The standard InChI is InChI=1S/C23H21N5O2S2/c1-3-16-9-11-18(12-10-16)32(29,30)23-22-25-21(24-15(2)17-7-5-4-6-8-17)20-19(13-14-31-20)28(22)27-26-23/h4-15H,3H2,1-2H3,(H,24,25)/t15-/m0/s1. The van der Waals surface area contributed by atoms with Gasteiger partial charge < -0.3 is 5.32 Å². The van der Waals surface area contributed by atoms with E-state index >= 15 is 0 Å². The van der Waals surface area contributed by atoms with E-state index in [2.05, 4.69) is 20.6 Å². The number of anilines is 1. The number of fused-ring (bicyclic) bond motifs is 3. The van der Waals surface area contributed by atoms with E-state index in [-0.39, 0.29) is 21.6 Å². The number of benzene rings is 2. The Balaban J connectivity index is 1.64. The molecule has 0 saturated heterocycles. The van der Waals surface area contributed by atoms with E-state index in [9.17, 15) is 8.42 Å². The molecule has 0 aliphatic rings. The van der Waals surface area contributed by atoms with Crippen LogP contribution < -0.4 is 5.32 Å². The van der Waals surface area contributed by atoms with Crippen LogP contribution in [-0.4, -0.2) is 28.2 Å². The minimum absolute atomic E-state index is 0.0195. The fraction of sp³-hybridized carbons (Fsp3) is 0.174. The highest BCUT2D eigenvalue weighted by Crippen LogP contribution is 2.33. The molecule has 0 aliphatic carbocycles. The van der Waals surface area contributed by atoms with Crippen LogP contribution in [0.5, 0.6) is 0 Å². The maximum Gasteiger partial charge on any atom is 0.229 e. The molecule has 32 heavy (non-hydrogen) atoms. The van der Waals surface area contributed by atoms with E-state index in [1.165, 1.54) is 15.9 Å². The lowest BCUT2D eigenvalue weighted by atomic mass is 10.1. The minimum atomic E-state index is -3.88. The molecule has 0 saturated carbocycles. The Morgan fingerprint density at radius 1 is 1.06 bits per heavy atom. The number of thiophene rings is 1. The summed E-state index contributed by atoms with van der Waals surface area (Å²) in [5.41, 5.74) is 3.14. The van der Waals surface area contributed by atoms with Crippen molar-refractivity contribution < 1.29 is 8.42 Å². The molecule has 162 valence electrons. The van der Waals surface area contributed by atoms with Gasteiger partial charge in [-0.15, -0.1) is 16.4 Å². The van der Waals surface area contributed by atoms with Gasteiger partial charge in [0.1, 0.15) is 5.82 Å². The highest BCUT2D eigenvalue weighted by atomic mass is 32.2. The lowest BCUT2D eigenvalue weighted by Gasteiger charge is -2.15. The number of aromatic nitrogens is 4. The topological polar surface area (TPSA) is 89.2 Å². The first-order valence-corrected chi connectivity index (χ1v) is 12.6. The monoisotopic (exact) mass is 463 g/mol. The summed E-state index contributed by atoms with van der Waals surface area (Å²) < 4.78 is 29.1. The lowest BCUT2D eigenvalue weighted by molar-refractivity contribution is 0.592. The van der Waals surface area contributed by atoms with Crippen molar-refractivity contribution in [2.45, 2.75) is 36.2 Å². The molecular formula is C23H21N5O2S2. The Morgan fingerprint density at radius 2 is 1.81 bits per heavy atom. The molecule has 9 heteroatoms. The van der Waals surface area contributed by atoms with Gasteiger partial charge in [0.05, 0.1) is 15.1 Å². The molecule has 1 atom stereocenters. The van der Waals surface area contributed by atoms with E-state index in [0.29, 0.717) is 5.82 Å². The first-order chi connectivity index (χ1) is 15.5. The maximum atomic E-state index is 13.4. The molecule has 0 radical (unpaired) electrons. The van der Waals surface area contributed by atoms with E-state index < -0.39 is 9.84 Å². The first kappa shape index (κ1) is 20.6. The molecule has 2 aromatic carbocycles. The summed E-state index contributed by atoms with van der Waals surface area (Å²) in [7, 11) is -3.88. The van der Waals surface area contributed by atoms with E-state index in [1.807, 2.05) is 67.8 Å². The Morgan fingerprint density at radius 3 is 2.53 bits per heavy atom. The Hall–Kier alpha value is -3.30. The number of hydrogen-bond donors (Lipinski definition) is 1. The van der Waals surface area contributed by atoms with Crippen LogP contribution in [0.3, 0.4) is 0 Å². The zero-order valence-corrected chi connectivity index (χ0v) is 19.2. The summed E-state index contributed by atoms with van der Waals surface area (Å²) in [5.74, 6) is 0.610. The van der Waals surface area contributed by atoms with Gasteiger partial charge in [-0.2, -0.15) is 4.52 Å². The Labute approximate surface area is 189 Å². The molecule has 0 aliphatic heterocycles. The van der Waals surface area contributed by atoms with Gasteiger partial charge in [-0.05, 0) is 48.1 Å². The second-order valence-electron chi connectivity index (χ2n) is 7.50.